The smallest absolute Gasteiger partial charge is 0.355 e. The molecule has 1 heterocycles. The number of anilines is 1. The van der Waals surface area contributed by atoms with Crippen molar-refractivity contribution in [2.45, 2.75) is 51.0 Å². The number of hydrogen-bond donors (Lipinski definition) is 0. The van der Waals surface area contributed by atoms with Crippen molar-refractivity contribution in [2.75, 3.05) is 18.7 Å². The first kappa shape index (κ1) is 19.1. The van der Waals surface area contributed by atoms with Crippen molar-refractivity contribution >= 4 is 29.2 Å². The fourth-order valence-electron chi connectivity index (χ4n) is 3.46. The molecule has 1 aliphatic heterocycles. The van der Waals surface area contributed by atoms with E-state index in [0.717, 1.165) is 25.7 Å². The van der Waals surface area contributed by atoms with E-state index in [1.807, 2.05) is 6.07 Å². The van der Waals surface area contributed by atoms with Crippen LogP contribution in [0.25, 0.3) is 0 Å². The van der Waals surface area contributed by atoms with Gasteiger partial charge in [-0.3, -0.25) is 9.59 Å². The molecule has 0 N–H and O–H groups in total. The second kappa shape index (κ2) is 8.79. The Morgan fingerprint density at radius 2 is 1.85 bits per heavy atom. The van der Waals surface area contributed by atoms with Crippen molar-refractivity contribution in [2.24, 2.45) is 5.10 Å². The van der Waals surface area contributed by atoms with Crippen LogP contribution in [-0.2, 0) is 19.1 Å². The minimum Gasteiger partial charge on any atom is -0.451 e. The Morgan fingerprint density at radius 3 is 2.56 bits per heavy atom. The molecule has 7 nitrogen and oxygen atoms in total. The largest absolute Gasteiger partial charge is 0.451 e. The first-order valence-corrected chi connectivity index (χ1v) is 9.44. The summed E-state index contributed by atoms with van der Waals surface area (Å²) in [5.41, 5.74) is 0.757. The maximum Gasteiger partial charge on any atom is 0.355 e. The number of carbonyl (C=O) groups is 3. The number of nitrogens with zero attached hydrogens (tertiary/aromatic N) is 3. The van der Waals surface area contributed by atoms with E-state index < -0.39 is 5.97 Å². The minimum atomic E-state index is -0.645. The lowest BCUT2D eigenvalue weighted by Gasteiger charge is -2.31. The van der Waals surface area contributed by atoms with E-state index >= 15 is 0 Å². The lowest BCUT2D eigenvalue weighted by atomic mass is 9.94. The van der Waals surface area contributed by atoms with E-state index in [2.05, 4.69) is 5.10 Å². The van der Waals surface area contributed by atoms with E-state index in [0.29, 0.717) is 5.69 Å². The number of esters is 1. The van der Waals surface area contributed by atoms with Gasteiger partial charge in [-0.2, -0.15) is 5.10 Å². The van der Waals surface area contributed by atoms with Gasteiger partial charge in [-0.1, -0.05) is 37.5 Å². The second-order valence-corrected chi connectivity index (χ2v) is 6.96. The second-order valence-electron chi connectivity index (χ2n) is 6.96. The van der Waals surface area contributed by atoms with Crippen LogP contribution in [0.3, 0.4) is 0 Å². The first-order valence-electron chi connectivity index (χ1n) is 9.44. The molecule has 1 aromatic rings. The monoisotopic (exact) mass is 371 g/mol. The van der Waals surface area contributed by atoms with E-state index in [1.54, 1.807) is 36.2 Å². The Balaban J connectivity index is 1.58. The molecule has 2 amide bonds. The molecular weight excluding hydrogens is 346 g/mol. The SMILES string of the molecule is CN(C(=O)COC(=O)C1=NN(c2ccccc2)C(=O)CC1)C1CCCCC1. The molecule has 144 valence electrons. The summed E-state index contributed by atoms with van der Waals surface area (Å²) in [6, 6.07) is 9.15. The zero-order valence-corrected chi connectivity index (χ0v) is 15.6. The van der Waals surface area contributed by atoms with Crippen molar-refractivity contribution in [1.82, 2.24) is 4.90 Å². The van der Waals surface area contributed by atoms with Crippen molar-refractivity contribution in [3.63, 3.8) is 0 Å². The average Bonchev–Trinajstić information content (AvgIpc) is 2.72. The topological polar surface area (TPSA) is 79.3 Å². The highest BCUT2D eigenvalue weighted by Crippen LogP contribution is 2.22. The predicted octanol–water partition coefficient (Wildman–Crippen LogP) is 2.50. The van der Waals surface area contributed by atoms with Gasteiger partial charge in [0.25, 0.3) is 5.91 Å². The van der Waals surface area contributed by atoms with Crippen LogP contribution in [0.15, 0.2) is 35.4 Å². The van der Waals surface area contributed by atoms with Gasteiger partial charge in [0.15, 0.2) is 6.61 Å². The standard InChI is InChI=1S/C20H25N3O4/c1-22(15-8-4-2-5-9-15)19(25)14-27-20(26)17-12-13-18(24)23(21-17)16-10-6-3-7-11-16/h3,6-7,10-11,15H,2,4-5,8-9,12-14H2,1H3. The van der Waals surface area contributed by atoms with Gasteiger partial charge in [0.05, 0.1) is 5.69 Å². The highest BCUT2D eigenvalue weighted by molar-refractivity contribution is 6.38. The van der Waals surface area contributed by atoms with Crippen molar-refractivity contribution in [3.8, 4) is 0 Å². The first-order chi connectivity index (χ1) is 13.1. The van der Waals surface area contributed by atoms with Crippen LogP contribution < -0.4 is 5.01 Å². The molecule has 27 heavy (non-hydrogen) atoms. The summed E-state index contributed by atoms with van der Waals surface area (Å²) >= 11 is 0. The molecule has 0 aromatic heterocycles. The van der Waals surface area contributed by atoms with Crippen LogP contribution >= 0.6 is 0 Å². The van der Waals surface area contributed by atoms with E-state index in [1.165, 1.54) is 11.4 Å². The van der Waals surface area contributed by atoms with Gasteiger partial charge in [0.2, 0.25) is 5.91 Å². The third kappa shape index (κ3) is 4.72. The molecule has 1 fully saturated rings. The summed E-state index contributed by atoms with van der Waals surface area (Å²) in [5, 5.41) is 5.36. The molecule has 0 atom stereocenters. The Bertz CT molecular complexity index is 726. The summed E-state index contributed by atoms with van der Waals surface area (Å²) in [6.07, 6.45) is 5.86. The normalized spacial score (nSPS) is 18.0. The van der Waals surface area contributed by atoms with Crippen molar-refractivity contribution < 1.29 is 19.1 Å². The van der Waals surface area contributed by atoms with Crippen LogP contribution in [0, 0.1) is 0 Å². The van der Waals surface area contributed by atoms with Crippen molar-refractivity contribution in [3.05, 3.63) is 30.3 Å². The lowest BCUT2D eigenvalue weighted by molar-refractivity contribution is -0.147. The summed E-state index contributed by atoms with van der Waals surface area (Å²) < 4.78 is 5.18. The molecule has 0 spiro atoms. The Morgan fingerprint density at radius 1 is 1.15 bits per heavy atom. The number of ether oxygens (including phenoxy) is 1. The fraction of sp³-hybridized carbons (Fsp3) is 0.500. The van der Waals surface area contributed by atoms with Gasteiger partial charge in [0.1, 0.15) is 5.71 Å². The van der Waals surface area contributed by atoms with Gasteiger partial charge in [0, 0.05) is 25.9 Å². The summed E-state index contributed by atoms with van der Waals surface area (Å²) in [7, 11) is 1.76. The van der Waals surface area contributed by atoms with Crippen molar-refractivity contribution in [1.29, 1.82) is 0 Å². The third-order valence-corrected chi connectivity index (χ3v) is 5.11. The zero-order valence-electron chi connectivity index (χ0n) is 15.6. The number of para-hydroxylation sites is 1. The molecular formula is C20H25N3O4. The van der Waals surface area contributed by atoms with Gasteiger partial charge >= 0.3 is 5.97 Å². The van der Waals surface area contributed by atoms with Crippen LogP contribution in [0.5, 0.6) is 0 Å². The number of amides is 2. The molecule has 7 heteroatoms. The molecule has 1 saturated carbocycles. The molecule has 3 rings (SSSR count). The molecule has 0 unspecified atom stereocenters. The third-order valence-electron chi connectivity index (χ3n) is 5.11. The molecule has 0 saturated heterocycles. The molecule has 0 bridgehead atoms. The number of hydrogen-bond acceptors (Lipinski definition) is 5. The molecule has 0 radical (unpaired) electrons. The molecule has 1 aromatic carbocycles. The van der Waals surface area contributed by atoms with E-state index in [9.17, 15) is 14.4 Å². The number of likely N-dealkylation sites (N-methyl/N-ethyl adjacent to an activating group) is 1. The van der Waals surface area contributed by atoms with E-state index in [-0.39, 0.29) is 43.0 Å². The summed E-state index contributed by atoms with van der Waals surface area (Å²) in [5.74, 6) is -1.03. The maximum absolute atomic E-state index is 12.3. The fourth-order valence-corrected chi connectivity index (χ4v) is 3.46. The molecule has 2 aliphatic rings. The van der Waals surface area contributed by atoms with Crippen LogP contribution in [0.4, 0.5) is 5.69 Å². The van der Waals surface area contributed by atoms with Gasteiger partial charge < -0.3 is 9.64 Å². The highest BCUT2D eigenvalue weighted by atomic mass is 16.5. The lowest BCUT2D eigenvalue weighted by Crippen LogP contribution is -2.41. The van der Waals surface area contributed by atoms with Crippen LogP contribution in [0.1, 0.15) is 44.9 Å². The highest BCUT2D eigenvalue weighted by Gasteiger charge is 2.28. The number of hydrazone groups is 1. The minimum absolute atomic E-state index is 0.159. The maximum atomic E-state index is 12.3. The van der Waals surface area contributed by atoms with Gasteiger partial charge in [-0.25, -0.2) is 9.80 Å². The Labute approximate surface area is 159 Å². The van der Waals surface area contributed by atoms with Crippen LogP contribution in [0.2, 0.25) is 0 Å². The van der Waals surface area contributed by atoms with Gasteiger partial charge in [-0.05, 0) is 25.0 Å². The number of rotatable bonds is 5. The number of carbonyl (C=O) groups excluding carboxylic acids is 3. The van der Waals surface area contributed by atoms with Gasteiger partial charge in [-0.15, -0.1) is 0 Å². The number of benzene rings is 1. The summed E-state index contributed by atoms with van der Waals surface area (Å²) in [4.78, 5) is 38.4. The molecule has 1 aliphatic carbocycles. The Kier molecular flexibility index (Phi) is 6.21. The zero-order chi connectivity index (χ0) is 19.2. The summed E-state index contributed by atoms with van der Waals surface area (Å²) in [6.45, 7) is -0.301. The Hall–Kier alpha value is -2.70. The van der Waals surface area contributed by atoms with Crippen LogP contribution in [-0.4, -0.2) is 48.1 Å². The average molecular weight is 371 g/mol. The van der Waals surface area contributed by atoms with E-state index in [4.69, 9.17) is 4.74 Å². The predicted molar refractivity (Wildman–Crippen MR) is 101 cm³/mol. The quantitative estimate of drug-likeness (QED) is 0.745.